The molecule has 1 unspecified atom stereocenters. The second-order valence-electron chi connectivity index (χ2n) is 5.02. The van der Waals surface area contributed by atoms with Crippen molar-refractivity contribution in [3.63, 3.8) is 0 Å². The number of para-hydroxylation sites is 1. The Hall–Kier alpha value is -1.66. The third-order valence-corrected chi connectivity index (χ3v) is 3.63. The lowest BCUT2D eigenvalue weighted by Crippen LogP contribution is -2.50. The van der Waals surface area contributed by atoms with Crippen molar-refractivity contribution in [1.29, 1.82) is 0 Å². The van der Waals surface area contributed by atoms with Crippen molar-refractivity contribution < 1.29 is 19.0 Å². The first-order valence-corrected chi connectivity index (χ1v) is 7.18. The maximum absolute atomic E-state index is 13.7. The highest BCUT2D eigenvalue weighted by atomic mass is 19.1. The molecule has 0 aliphatic carbocycles. The number of carbonyl (C=O) groups is 1. The predicted octanol–water partition coefficient (Wildman–Crippen LogP) is 1.44. The maximum atomic E-state index is 13.7. The third-order valence-electron chi connectivity index (χ3n) is 3.63. The summed E-state index contributed by atoms with van der Waals surface area (Å²) in [6.45, 7) is 5.29. The van der Waals surface area contributed by atoms with Crippen molar-refractivity contribution in [1.82, 2.24) is 4.90 Å². The number of hydrogen-bond acceptors (Lipinski definition) is 4. The summed E-state index contributed by atoms with van der Waals surface area (Å²) in [7, 11) is 0. The van der Waals surface area contributed by atoms with Gasteiger partial charge in [-0.1, -0.05) is 12.1 Å². The van der Waals surface area contributed by atoms with Crippen LogP contribution in [0.1, 0.15) is 6.92 Å². The van der Waals surface area contributed by atoms with Gasteiger partial charge >= 0.3 is 5.97 Å². The van der Waals surface area contributed by atoms with Crippen molar-refractivity contribution in [3.8, 4) is 0 Å². The molecule has 0 spiro atoms. The molecule has 1 aliphatic heterocycles. The maximum Gasteiger partial charge on any atom is 0.334 e. The van der Waals surface area contributed by atoms with Crippen molar-refractivity contribution in [2.45, 2.75) is 13.0 Å². The normalized spacial score (nSPS) is 17.7. The van der Waals surface area contributed by atoms with E-state index in [4.69, 9.17) is 9.84 Å². The van der Waals surface area contributed by atoms with E-state index in [1.807, 2.05) is 15.9 Å². The van der Waals surface area contributed by atoms with Gasteiger partial charge in [-0.15, -0.1) is 0 Å². The Labute approximate surface area is 123 Å². The van der Waals surface area contributed by atoms with E-state index >= 15 is 0 Å². The van der Waals surface area contributed by atoms with Gasteiger partial charge in [0.2, 0.25) is 0 Å². The van der Waals surface area contributed by atoms with Gasteiger partial charge in [0.05, 0.1) is 5.69 Å². The smallest absolute Gasteiger partial charge is 0.334 e. The number of benzene rings is 1. The van der Waals surface area contributed by atoms with Crippen molar-refractivity contribution in [2.75, 3.05) is 44.2 Å². The Morgan fingerprint density at radius 3 is 2.57 bits per heavy atom. The topological polar surface area (TPSA) is 53.0 Å². The van der Waals surface area contributed by atoms with Crippen LogP contribution >= 0.6 is 0 Å². The molecular weight excluding hydrogens is 275 g/mol. The summed E-state index contributed by atoms with van der Waals surface area (Å²) in [6.07, 6.45) is -0.796. The van der Waals surface area contributed by atoms with Crippen LogP contribution in [0.25, 0.3) is 0 Å². The van der Waals surface area contributed by atoms with Gasteiger partial charge < -0.3 is 14.7 Å². The molecule has 0 amide bonds. The van der Waals surface area contributed by atoms with Crippen LogP contribution in [0.3, 0.4) is 0 Å². The zero-order chi connectivity index (χ0) is 15.2. The molecule has 5 nitrogen and oxygen atoms in total. The number of nitrogens with zero attached hydrogens (tertiary/aromatic N) is 2. The summed E-state index contributed by atoms with van der Waals surface area (Å²) < 4.78 is 19.0. The summed E-state index contributed by atoms with van der Waals surface area (Å²) in [5, 5.41) is 9.09. The molecular formula is C15H21FN2O3. The highest BCUT2D eigenvalue weighted by Gasteiger charge is 2.25. The second kappa shape index (κ2) is 7.38. The van der Waals surface area contributed by atoms with Crippen LogP contribution < -0.4 is 4.90 Å². The second-order valence-corrected chi connectivity index (χ2v) is 5.02. The van der Waals surface area contributed by atoms with Crippen LogP contribution in [-0.4, -0.2) is 61.4 Å². The molecule has 1 N–H and O–H groups in total. The van der Waals surface area contributed by atoms with Crippen LogP contribution in [0, 0.1) is 5.82 Å². The van der Waals surface area contributed by atoms with Gasteiger partial charge in [0, 0.05) is 39.3 Å². The molecule has 1 aromatic carbocycles. The van der Waals surface area contributed by atoms with Crippen molar-refractivity contribution >= 4 is 11.7 Å². The number of halogens is 1. The van der Waals surface area contributed by atoms with Gasteiger partial charge in [0.1, 0.15) is 5.82 Å². The van der Waals surface area contributed by atoms with Gasteiger partial charge in [-0.25, -0.2) is 9.18 Å². The highest BCUT2D eigenvalue weighted by molar-refractivity contribution is 5.72. The third kappa shape index (κ3) is 4.15. The minimum absolute atomic E-state index is 0.219. The predicted molar refractivity (Wildman–Crippen MR) is 78.1 cm³/mol. The van der Waals surface area contributed by atoms with E-state index in [2.05, 4.69) is 0 Å². The summed E-state index contributed by atoms with van der Waals surface area (Å²) >= 11 is 0. The SMILES string of the molecule is CCOC(CN1CCN(c2ccccc2F)CC1)C(=O)O. The number of carboxylic acid groups (broad SMARTS) is 1. The molecule has 0 radical (unpaired) electrons. The Kier molecular flexibility index (Phi) is 5.52. The molecule has 1 saturated heterocycles. The Bertz CT molecular complexity index is 476. The number of anilines is 1. The number of aliphatic carboxylic acids is 1. The fourth-order valence-corrected chi connectivity index (χ4v) is 2.52. The molecule has 0 bridgehead atoms. The van der Waals surface area contributed by atoms with Crippen LogP contribution in [0.5, 0.6) is 0 Å². The van der Waals surface area contributed by atoms with Gasteiger partial charge in [0.15, 0.2) is 6.10 Å². The molecule has 6 heteroatoms. The van der Waals surface area contributed by atoms with Crippen molar-refractivity contribution in [3.05, 3.63) is 30.1 Å². The lowest BCUT2D eigenvalue weighted by Gasteiger charge is -2.37. The summed E-state index contributed by atoms with van der Waals surface area (Å²) in [5.41, 5.74) is 0.608. The lowest BCUT2D eigenvalue weighted by molar-refractivity contribution is -0.151. The first kappa shape index (κ1) is 15.7. The lowest BCUT2D eigenvalue weighted by atomic mass is 10.2. The van der Waals surface area contributed by atoms with Crippen LogP contribution in [0.15, 0.2) is 24.3 Å². The molecule has 116 valence electrons. The number of carboxylic acids is 1. The molecule has 1 aromatic rings. The molecule has 1 fully saturated rings. The van der Waals surface area contributed by atoms with Gasteiger partial charge in [-0.05, 0) is 19.1 Å². The van der Waals surface area contributed by atoms with Gasteiger partial charge in [-0.2, -0.15) is 0 Å². The molecule has 0 saturated carbocycles. The molecule has 1 atom stereocenters. The number of rotatable bonds is 6. The van der Waals surface area contributed by atoms with Gasteiger partial charge in [0.25, 0.3) is 0 Å². The van der Waals surface area contributed by atoms with Gasteiger partial charge in [-0.3, -0.25) is 4.90 Å². The van der Waals surface area contributed by atoms with E-state index in [0.29, 0.717) is 45.0 Å². The largest absolute Gasteiger partial charge is 0.479 e. The molecule has 2 rings (SSSR count). The molecule has 1 aliphatic rings. The minimum atomic E-state index is -0.937. The number of ether oxygens (including phenoxy) is 1. The summed E-state index contributed by atoms with van der Waals surface area (Å²) in [6, 6.07) is 6.72. The van der Waals surface area contributed by atoms with Crippen LogP contribution in [0.2, 0.25) is 0 Å². The fourth-order valence-electron chi connectivity index (χ4n) is 2.52. The standard InChI is InChI=1S/C15H21FN2O3/c1-2-21-14(15(19)20)11-17-7-9-18(10-8-17)13-6-4-3-5-12(13)16/h3-6,14H,2,7-11H2,1H3,(H,19,20). The summed E-state index contributed by atoms with van der Waals surface area (Å²) in [5.74, 6) is -1.16. The van der Waals surface area contributed by atoms with E-state index in [1.54, 1.807) is 19.1 Å². The van der Waals surface area contributed by atoms with E-state index in [0.717, 1.165) is 0 Å². The molecule has 21 heavy (non-hydrogen) atoms. The molecule has 1 heterocycles. The monoisotopic (exact) mass is 296 g/mol. The number of piperazine rings is 1. The zero-order valence-corrected chi connectivity index (χ0v) is 12.2. The highest BCUT2D eigenvalue weighted by Crippen LogP contribution is 2.20. The van der Waals surface area contributed by atoms with E-state index in [9.17, 15) is 9.18 Å². The fraction of sp³-hybridized carbons (Fsp3) is 0.533. The average Bonchev–Trinajstić information content (AvgIpc) is 2.48. The Balaban J connectivity index is 1.88. The van der Waals surface area contributed by atoms with E-state index in [1.165, 1.54) is 6.07 Å². The first-order valence-electron chi connectivity index (χ1n) is 7.18. The zero-order valence-electron chi connectivity index (χ0n) is 12.2. The Morgan fingerprint density at radius 2 is 2.00 bits per heavy atom. The molecule has 0 aromatic heterocycles. The average molecular weight is 296 g/mol. The van der Waals surface area contributed by atoms with Crippen LogP contribution in [-0.2, 0) is 9.53 Å². The minimum Gasteiger partial charge on any atom is -0.479 e. The van der Waals surface area contributed by atoms with Crippen molar-refractivity contribution in [2.24, 2.45) is 0 Å². The number of hydrogen-bond donors (Lipinski definition) is 1. The van der Waals surface area contributed by atoms with E-state index in [-0.39, 0.29) is 5.82 Å². The summed E-state index contributed by atoms with van der Waals surface area (Å²) in [4.78, 5) is 15.1. The quantitative estimate of drug-likeness (QED) is 0.861. The first-order chi connectivity index (χ1) is 10.1. The van der Waals surface area contributed by atoms with Crippen LogP contribution in [0.4, 0.5) is 10.1 Å². The Morgan fingerprint density at radius 1 is 1.33 bits per heavy atom. The van der Waals surface area contributed by atoms with E-state index < -0.39 is 12.1 Å².